The molecule has 106 valence electrons. The molecule has 1 aromatic rings. The van der Waals surface area contributed by atoms with Gasteiger partial charge in [-0.25, -0.2) is 0 Å². The molecule has 0 amide bonds. The number of aryl methyl sites for hydroxylation is 1. The van der Waals surface area contributed by atoms with Gasteiger partial charge in [0.15, 0.2) is 5.70 Å². The zero-order valence-corrected chi connectivity index (χ0v) is 11.8. The van der Waals surface area contributed by atoms with Crippen molar-refractivity contribution in [3.63, 3.8) is 0 Å². The normalized spacial score (nSPS) is 21.2. The lowest BCUT2D eigenvalue weighted by atomic mass is 9.92. The standard InChI is InChI=1S/C15H18N2O3/c1-10-7-13-9-17(19)14-6-4-3-5-12(14)8-16(13)15(10)20-11(2)18/h6-7,9,12H,3-5,8H2,1-2H3. The summed E-state index contributed by atoms with van der Waals surface area (Å²) in [5.74, 6) is 0.417. The molecule has 3 rings (SSSR count). The Bertz CT molecular complexity index is 625. The van der Waals surface area contributed by atoms with Crippen molar-refractivity contribution in [2.24, 2.45) is 5.92 Å². The molecule has 2 heterocycles. The van der Waals surface area contributed by atoms with Crippen LogP contribution in [0.1, 0.15) is 37.4 Å². The maximum atomic E-state index is 12.2. The van der Waals surface area contributed by atoms with Crippen molar-refractivity contribution < 1.29 is 14.3 Å². The van der Waals surface area contributed by atoms with E-state index in [0.29, 0.717) is 12.4 Å². The number of aromatic nitrogens is 1. The predicted octanol–water partition coefficient (Wildman–Crippen LogP) is 2.35. The van der Waals surface area contributed by atoms with Crippen LogP contribution >= 0.6 is 0 Å². The third-order valence-corrected chi connectivity index (χ3v) is 3.93. The number of fused-ring (bicyclic) bond motifs is 2. The van der Waals surface area contributed by atoms with Crippen LogP contribution in [0.5, 0.6) is 5.88 Å². The molecule has 0 radical (unpaired) electrons. The number of hydrogen-bond donors (Lipinski definition) is 0. The number of carbonyl (C=O) groups is 1. The third kappa shape index (κ3) is 2.13. The van der Waals surface area contributed by atoms with Crippen molar-refractivity contribution >= 4 is 12.2 Å². The van der Waals surface area contributed by atoms with Crippen LogP contribution in [-0.2, 0) is 11.3 Å². The Hall–Kier alpha value is -2.04. The Morgan fingerprint density at radius 1 is 1.55 bits per heavy atom. The number of hydroxylamine groups is 1. The molecule has 5 heteroatoms. The molecule has 1 aliphatic heterocycles. The van der Waals surface area contributed by atoms with E-state index in [1.54, 1.807) is 6.21 Å². The van der Waals surface area contributed by atoms with Crippen LogP contribution in [0.3, 0.4) is 0 Å². The van der Waals surface area contributed by atoms with Crippen LogP contribution in [0.15, 0.2) is 17.8 Å². The number of ether oxygens (including phenoxy) is 1. The molecule has 0 saturated carbocycles. The molecule has 0 fully saturated rings. The van der Waals surface area contributed by atoms with Crippen LogP contribution in [0.4, 0.5) is 0 Å². The summed E-state index contributed by atoms with van der Waals surface area (Å²) in [6.45, 7) is 3.97. The summed E-state index contributed by atoms with van der Waals surface area (Å²) in [5, 5.41) is 12.2. The van der Waals surface area contributed by atoms with E-state index in [9.17, 15) is 10.0 Å². The molecule has 1 atom stereocenters. The summed E-state index contributed by atoms with van der Waals surface area (Å²) in [5.41, 5.74) is 2.51. The van der Waals surface area contributed by atoms with Crippen LogP contribution in [-0.4, -0.2) is 21.5 Å². The van der Waals surface area contributed by atoms with E-state index in [2.05, 4.69) is 0 Å². The van der Waals surface area contributed by atoms with Gasteiger partial charge >= 0.3 is 5.97 Å². The minimum absolute atomic E-state index is 0.194. The lowest BCUT2D eigenvalue weighted by Crippen LogP contribution is -2.20. The maximum absolute atomic E-state index is 12.2. The molecule has 0 saturated heterocycles. The number of rotatable bonds is 1. The van der Waals surface area contributed by atoms with Gasteiger partial charge in [-0.15, -0.1) is 0 Å². The predicted molar refractivity (Wildman–Crippen MR) is 74.7 cm³/mol. The SMILES string of the molecule is CC(=O)Oc1c(C)cc2n1CC1CCCC=C1[N+]([O-])=C2. The number of hydrogen-bond acceptors (Lipinski definition) is 3. The summed E-state index contributed by atoms with van der Waals surface area (Å²) in [6, 6.07) is 1.89. The van der Waals surface area contributed by atoms with E-state index in [4.69, 9.17) is 4.74 Å². The second-order valence-electron chi connectivity index (χ2n) is 5.47. The Balaban J connectivity index is 2.08. The lowest BCUT2D eigenvalue weighted by Gasteiger charge is -2.21. The first-order valence-electron chi connectivity index (χ1n) is 6.96. The first kappa shape index (κ1) is 13.0. The minimum atomic E-state index is -0.336. The van der Waals surface area contributed by atoms with E-state index < -0.39 is 0 Å². The van der Waals surface area contributed by atoms with Gasteiger partial charge in [0.25, 0.3) is 0 Å². The smallest absolute Gasteiger partial charge is 0.309 e. The summed E-state index contributed by atoms with van der Waals surface area (Å²) in [6.07, 6.45) is 6.66. The molecule has 1 aromatic heterocycles. The zero-order chi connectivity index (χ0) is 14.3. The van der Waals surface area contributed by atoms with Gasteiger partial charge in [0, 0.05) is 19.0 Å². The fraction of sp³-hybridized carbons (Fsp3) is 0.467. The monoisotopic (exact) mass is 274 g/mol. The first-order chi connectivity index (χ1) is 9.56. The van der Waals surface area contributed by atoms with Crippen molar-refractivity contribution in [1.82, 2.24) is 4.57 Å². The van der Waals surface area contributed by atoms with Crippen molar-refractivity contribution in [3.05, 3.63) is 34.3 Å². The van der Waals surface area contributed by atoms with E-state index in [1.807, 2.05) is 23.6 Å². The minimum Gasteiger partial charge on any atom is -0.618 e. The Morgan fingerprint density at radius 3 is 3.10 bits per heavy atom. The number of allylic oxidation sites excluding steroid dienone is 2. The summed E-state index contributed by atoms with van der Waals surface area (Å²) >= 11 is 0. The van der Waals surface area contributed by atoms with E-state index >= 15 is 0 Å². The Kier molecular flexibility index (Phi) is 3.12. The zero-order valence-electron chi connectivity index (χ0n) is 11.8. The van der Waals surface area contributed by atoms with Gasteiger partial charge in [0.2, 0.25) is 12.1 Å². The average Bonchev–Trinajstić information content (AvgIpc) is 2.59. The highest BCUT2D eigenvalue weighted by Crippen LogP contribution is 2.33. The van der Waals surface area contributed by atoms with Gasteiger partial charge in [-0.3, -0.25) is 4.79 Å². The highest BCUT2D eigenvalue weighted by molar-refractivity contribution is 5.77. The Labute approximate surface area is 117 Å². The van der Waals surface area contributed by atoms with Crippen LogP contribution in [0.25, 0.3) is 0 Å². The van der Waals surface area contributed by atoms with Gasteiger partial charge in [-0.2, -0.15) is 4.74 Å². The van der Waals surface area contributed by atoms with Gasteiger partial charge < -0.3 is 14.5 Å². The molecule has 1 unspecified atom stereocenters. The van der Waals surface area contributed by atoms with Crippen molar-refractivity contribution in [3.8, 4) is 5.88 Å². The second-order valence-corrected chi connectivity index (χ2v) is 5.47. The van der Waals surface area contributed by atoms with E-state index in [0.717, 1.165) is 41.0 Å². The molecular weight excluding hydrogens is 256 g/mol. The first-order valence-corrected chi connectivity index (χ1v) is 6.96. The van der Waals surface area contributed by atoms with E-state index in [1.165, 1.54) is 6.92 Å². The summed E-state index contributed by atoms with van der Waals surface area (Å²) < 4.78 is 8.23. The fourth-order valence-corrected chi connectivity index (χ4v) is 3.06. The topological polar surface area (TPSA) is 57.3 Å². The number of nitrogens with zero attached hydrogens (tertiary/aromatic N) is 2. The molecule has 0 aromatic carbocycles. The molecule has 0 bridgehead atoms. The van der Waals surface area contributed by atoms with Gasteiger partial charge in [0.1, 0.15) is 5.69 Å². The average molecular weight is 274 g/mol. The fourth-order valence-electron chi connectivity index (χ4n) is 3.06. The highest BCUT2D eigenvalue weighted by Gasteiger charge is 2.30. The van der Waals surface area contributed by atoms with Crippen molar-refractivity contribution in [2.75, 3.05) is 0 Å². The lowest BCUT2D eigenvalue weighted by molar-refractivity contribution is -0.406. The molecule has 0 N–H and O–H groups in total. The van der Waals surface area contributed by atoms with Crippen molar-refractivity contribution in [2.45, 2.75) is 39.7 Å². The number of carbonyl (C=O) groups excluding carboxylic acids is 1. The summed E-state index contributed by atoms with van der Waals surface area (Å²) in [4.78, 5) is 11.3. The quantitative estimate of drug-likeness (QED) is 0.449. The van der Waals surface area contributed by atoms with Gasteiger partial charge in [0.05, 0.1) is 5.92 Å². The van der Waals surface area contributed by atoms with E-state index in [-0.39, 0.29) is 11.9 Å². The third-order valence-electron chi connectivity index (χ3n) is 3.93. The van der Waals surface area contributed by atoms with Gasteiger partial charge in [-0.05, 0) is 38.3 Å². The van der Waals surface area contributed by atoms with Crippen molar-refractivity contribution in [1.29, 1.82) is 0 Å². The Morgan fingerprint density at radius 2 is 2.35 bits per heavy atom. The molecule has 0 spiro atoms. The molecule has 2 aliphatic rings. The summed E-state index contributed by atoms with van der Waals surface area (Å²) in [7, 11) is 0. The maximum Gasteiger partial charge on any atom is 0.309 e. The number of esters is 1. The van der Waals surface area contributed by atoms with Crippen LogP contribution in [0.2, 0.25) is 0 Å². The van der Waals surface area contributed by atoms with Crippen LogP contribution in [0, 0.1) is 18.0 Å². The second kappa shape index (κ2) is 4.81. The molecule has 5 nitrogen and oxygen atoms in total. The molecular formula is C15H18N2O3. The largest absolute Gasteiger partial charge is 0.618 e. The van der Waals surface area contributed by atoms with Crippen LogP contribution < -0.4 is 4.74 Å². The highest BCUT2D eigenvalue weighted by atomic mass is 16.5. The van der Waals surface area contributed by atoms with Gasteiger partial charge in [-0.1, -0.05) is 0 Å². The molecule has 20 heavy (non-hydrogen) atoms. The molecule has 1 aliphatic carbocycles.